The van der Waals surface area contributed by atoms with Gasteiger partial charge < -0.3 is 44.6 Å². The van der Waals surface area contributed by atoms with Crippen molar-refractivity contribution >= 4 is 19.8 Å². The maximum atomic E-state index is 12.8. The van der Waals surface area contributed by atoms with Gasteiger partial charge in [0, 0.05) is 12.8 Å². The number of phosphoric acid groups is 1. The Hall–Kier alpha value is -2.75. The van der Waals surface area contributed by atoms with Crippen molar-refractivity contribution in [2.24, 2.45) is 0 Å². The zero-order chi connectivity index (χ0) is 45.4. The highest BCUT2D eigenvalue weighted by Gasteiger charge is 2.51. The van der Waals surface area contributed by atoms with Gasteiger partial charge in [0.25, 0.3) is 0 Å². The minimum atomic E-state index is -5.15. The van der Waals surface area contributed by atoms with Gasteiger partial charge in [-0.2, -0.15) is 0 Å². The van der Waals surface area contributed by atoms with E-state index in [4.69, 9.17) is 23.3 Å². The summed E-state index contributed by atoms with van der Waals surface area (Å²) in [5, 5.41) is 50.2. The molecular weight excluding hydrogens is 819 g/mol. The quantitative estimate of drug-likeness (QED) is 0.0118. The molecule has 15 heteroatoms. The first-order valence-corrected chi connectivity index (χ1v) is 24.4. The van der Waals surface area contributed by atoms with E-state index >= 15 is 0 Å². The van der Waals surface area contributed by atoms with Gasteiger partial charge in [-0.05, 0) is 89.9 Å². The van der Waals surface area contributed by atoms with Crippen LogP contribution < -0.4 is 0 Å². The first-order valence-electron chi connectivity index (χ1n) is 22.9. The van der Waals surface area contributed by atoms with Crippen molar-refractivity contribution in [3.63, 3.8) is 0 Å². The number of epoxide rings is 1. The highest BCUT2D eigenvalue weighted by Crippen LogP contribution is 2.47. The van der Waals surface area contributed by atoms with Crippen molar-refractivity contribution < 1.29 is 67.8 Å². The second-order valence-corrected chi connectivity index (χ2v) is 17.3. The van der Waals surface area contributed by atoms with Crippen LogP contribution in [0.2, 0.25) is 0 Å². The van der Waals surface area contributed by atoms with Crippen molar-refractivity contribution in [3.05, 3.63) is 72.9 Å². The average molecular weight is 897 g/mol. The number of allylic oxidation sites excluding steroid dienone is 10. The predicted octanol–water partition coefficient (Wildman–Crippen LogP) is 7.71. The predicted molar refractivity (Wildman–Crippen MR) is 239 cm³/mol. The Morgan fingerprint density at radius 1 is 0.565 bits per heavy atom. The molecule has 2 aliphatic rings. The molecule has 0 aromatic rings. The molecule has 1 saturated heterocycles. The van der Waals surface area contributed by atoms with Crippen LogP contribution in [-0.2, 0) is 37.4 Å². The number of esters is 2. The second kappa shape index (κ2) is 33.7. The highest BCUT2D eigenvalue weighted by molar-refractivity contribution is 7.47. The van der Waals surface area contributed by atoms with Gasteiger partial charge >= 0.3 is 19.8 Å². The third kappa shape index (κ3) is 25.5. The number of phosphoric ester groups is 1. The number of hydrogen-bond donors (Lipinski definition) is 6. The van der Waals surface area contributed by atoms with Crippen molar-refractivity contribution in [1.29, 1.82) is 0 Å². The van der Waals surface area contributed by atoms with Crippen molar-refractivity contribution in [2.45, 2.75) is 197 Å². The molecule has 0 aromatic heterocycles. The molecule has 10 atom stereocenters. The third-order valence-electron chi connectivity index (χ3n) is 10.4. The summed E-state index contributed by atoms with van der Waals surface area (Å²) in [6, 6.07) is 0. The molecule has 0 amide bonds. The van der Waals surface area contributed by atoms with Gasteiger partial charge in [-0.1, -0.05) is 112 Å². The van der Waals surface area contributed by atoms with Crippen LogP contribution in [0, 0.1) is 0 Å². The normalized spacial score (nSPS) is 25.8. The monoisotopic (exact) mass is 897 g/mol. The largest absolute Gasteiger partial charge is 0.472 e. The van der Waals surface area contributed by atoms with Crippen LogP contribution in [-0.4, -0.2) is 111 Å². The zero-order valence-corrected chi connectivity index (χ0v) is 38.0. The lowest BCUT2D eigenvalue weighted by Gasteiger charge is -2.41. The van der Waals surface area contributed by atoms with Crippen molar-refractivity contribution in [1.82, 2.24) is 0 Å². The Kier molecular flexibility index (Phi) is 30.1. The van der Waals surface area contributed by atoms with E-state index in [1.165, 1.54) is 38.5 Å². The molecule has 2 rings (SSSR count). The van der Waals surface area contributed by atoms with Gasteiger partial charge in [0.1, 0.15) is 43.2 Å². The maximum absolute atomic E-state index is 12.8. The Morgan fingerprint density at radius 2 is 1.00 bits per heavy atom. The van der Waals surface area contributed by atoms with Crippen LogP contribution in [0.25, 0.3) is 0 Å². The molecule has 0 bridgehead atoms. The Balaban J connectivity index is 1.77. The first kappa shape index (κ1) is 55.4. The molecule has 14 nitrogen and oxygen atoms in total. The van der Waals surface area contributed by atoms with Crippen LogP contribution in [0.4, 0.5) is 0 Å². The first-order chi connectivity index (χ1) is 29.9. The molecule has 2 fully saturated rings. The molecule has 0 spiro atoms. The summed E-state index contributed by atoms with van der Waals surface area (Å²) in [5.41, 5.74) is 0. The maximum Gasteiger partial charge on any atom is 0.472 e. The topological polar surface area (TPSA) is 222 Å². The molecule has 5 unspecified atom stereocenters. The molecule has 0 aromatic carbocycles. The molecule has 0 radical (unpaired) electrons. The SMILES string of the molecule is CCCCC/C=C\C/C=C\C/C=C\CCCCC(=O)OC[C@H](COP(=O)(O)OC1[C@H](O)[C@H](O)C(O)[C@H](O)[C@H]1O)OC(=O)CCC/C=C\CC1OC1C/C=C\C/C=C\CCCCC. The summed E-state index contributed by atoms with van der Waals surface area (Å²) >= 11 is 0. The molecule has 1 saturated carbocycles. The number of carbonyl (C=O) groups excluding carboxylic acids is 2. The average Bonchev–Trinajstić information content (AvgIpc) is 4.01. The van der Waals surface area contributed by atoms with Crippen LogP contribution in [0.3, 0.4) is 0 Å². The fourth-order valence-electron chi connectivity index (χ4n) is 6.56. The lowest BCUT2D eigenvalue weighted by molar-refractivity contribution is -0.220. The van der Waals surface area contributed by atoms with E-state index in [9.17, 15) is 44.6 Å². The van der Waals surface area contributed by atoms with Gasteiger partial charge in [-0.3, -0.25) is 18.6 Å². The van der Waals surface area contributed by atoms with Crippen molar-refractivity contribution in [2.75, 3.05) is 13.2 Å². The molecule has 6 N–H and O–H groups in total. The zero-order valence-electron chi connectivity index (χ0n) is 37.1. The van der Waals surface area contributed by atoms with Gasteiger partial charge in [0.05, 0.1) is 18.8 Å². The number of ether oxygens (including phenoxy) is 3. The van der Waals surface area contributed by atoms with E-state index < -0.39 is 75.7 Å². The summed E-state index contributed by atoms with van der Waals surface area (Å²) < 4.78 is 39.2. The standard InChI is InChI=1S/C47H77O14P/c1-3-5-7-9-11-13-14-15-16-17-18-20-22-24-29-33-40(48)57-35-37(36-58-62(55,56)61-47-45(53)43(51)42(50)44(52)46(47)54)59-41(49)34-30-26-25-28-32-39-38(60-39)31-27-23-21-19-12-10-8-6-4-2/h11-13,15-16,18-20,23,25,27-28,37-39,42-47,50-54H,3-10,14,17,21-22,24,26,29-36H2,1-2H3,(H,55,56)/b13-11-,16-15-,19-12-,20-18-,27-23-,28-25-/t37-,38?,39?,42?,43-,44+,45-,46-,47?/m1/s1. The van der Waals surface area contributed by atoms with Crippen LogP contribution in [0.15, 0.2) is 72.9 Å². The molecule has 1 aliphatic carbocycles. The number of aliphatic hydroxyl groups excluding tert-OH is 5. The smallest absolute Gasteiger partial charge is 0.462 e. The number of carbonyl (C=O) groups is 2. The lowest BCUT2D eigenvalue weighted by Crippen LogP contribution is -2.64. The lowest BCUT2D eigenvalue weighted by atomic mass is 9.85. The Labute approximate surface area is 370 Å². The van der Waals surface area contributed by atoms with E-state index in [0.717, 1.165) is 57.8 Å². The molecular formula is C47H77O14P. The number of rotatable bonds is 35. The third-order valence-corrected chi connectivity index (χ3v) is 11.4. The van der Waals surface area contributed by atoms with E-state index in [-0.39, 0.29) is 25.0 Å². The van der Waals surface area contributed by atoms with Crippen molar-refractivity contribution in [3.8, 4) is 0 Å². The summed E-state index contributed by atoms with van der Waals surface area (Å²) in [6.07, 6.45) is 29.8. The van der Waals surface area contributed by atoms with E-state index in [2.05, 4.69) is 74.6 Å². The van der Waals surface area contributed by atoms with Gasteiger partial charge in [-0.15, -0.1) is 0 Å². The van der Waals surface area contributed by atoms with E-state index in [1.807, 2.05) is 12.2 Å². The Bertz CT molecular complexity index is 1430. The van der Waals surface area contributed by atoms with Crippen LogP contribution >= 0.6 is 7.82 Å². The number of hydrogen-bond acceptors (Lipinski definition) is 13. The summed E-state index contributed by atoms with van der Waals surface area (Å²) in [7, 11) is -5.15. The molecule has 1 heterocycles. The summed E-state index contributed by atoms with van der Waals surface area (Å²) in [4.78, 5) is 35.7. The summed E-state index contributed by atoms with van der Waals surface area (Å²) in [5.74, 6) is -1.23. The second-order valence-electron chi connectivity index (χ2n) is 15.9. The summed E-state index contributed by atoms with van der Waals surface area (Å²) in [6.45, 7) is 3.13. The van der Waals surface area contributed by atoms with Gasteiger partial charge in [0.15, 0.2) is 6.10 Å². The Morgan fingerprint density at radius 3 is 1.55 bits per heavy atom. The van der Waals surface area contributed by atoms with Gasteiger partial charge in [0.2, 0.25) is 0 Å². The fraction of sp³-hybridized carbons (Fsp3) is 0.702. The van der Waals surface area contributed by atoms with E-state index in [0.29, 0.717) is 19.3 Å². The number of unbranched alkanes of at least 4 members (excludes halogenated alkanes) is 9. The van der Waals surface area contributed by atoms with Crippen LogP contribution in [0.5, 0.6) is 0 Å². The fourth-order valence-corrected chi connectivity index (χ4v) is 7.53. The van der Waals surface area contributed by atoms with Gasteiger partial charge in [-0.25, -0.2) is 4.57 Å². The number of aliphatic hydroxyl groups is 5. The minimum absolute atomic E-state index is 0.000511. The minimum Gasteiger partial charge on any atom is -0.462 e. The molecule has 1 aliphatic heterocycles. The molecule has 62 heavy (non-hydrogen) atoms. The molecule has 354 valence electrons. The van der Waals surface area contributed by atoms with Crippen LogP contribution in [0.1, 0.15) is 142 Å². The van der Waals surface area contributed by atoms with E-state index in [1.54, 1.807) is 0 Å². The highest BCUT2D eigenvalue weighted by atomic mass is 31.2.